The molecule has 0 aromatic rings. The monoisotopic (exact) mass is 494 g/mol. The van der Waals surface area contributed by atoms with Crippen LogP contribution in [0.1, 0.15) is 71.6 Å². The van der Waals surface area contributed by atoms with Gasteiger partial charge in [-0.25, -0.2) is 0 Å². The molecule has 8 N–H and O–H groups in total. The number of amides is 1. The van der Waals surface area contributed by atoms with E-state index in [2.05, 4.69) is 20.9 Å². The second-order valence-electron chi connectivity index (χ2n) is 12.3. The summed E-state index contributed by atoms with van der Waals surface area (Å²) in [6.07, 6.45) is 10.0. The van der Waals surface area contributed by atoms with Crippen LogP contribution in [0.3, 0.4) is 0 Å². The number of ether oxygens (including phenoxy) is 1. The lowest BCUT2D eigenvalue weighted by molar-refractivity contribution is -0.125. The fraction of sp³-hybridized carbons (Fsp3) is 0.962. The molecule has 202 valence electrons. The average Bonchev–Trinajstić information content (AvgIpc) is 2.83. The number of nitrogens with zero attached hydrogens (tertiary/aromatic N) is 1. The summed E-state index contributed by atoms with van der Waals surface area (Å²) in [5.41, 5.74) is 11.3. The molecule has 0 aromatic heterocycles. The van der Waals surface area contributed by atoms with Crippen molar-refractivity contribution in [2.24, 2.45) is 35.1 Å². The second-order valence-corrected chi connectivity index (χ2v) is 12.3. The second kappa shape index (κ2) is 11.7. The number of primary amides is 1. The number of carbonyl (C=O) groups excluding carboxylic acids is 1. The molecule has 0 radical (unpaired) electrons. The minimum absolute atomic E-state index is 0.0248. The zero-order valence-corrected chi connectivity index (χ0v) is 22.0. The van der Waals surface area contributed by atoms with E-state index < -0.39 is 5.60 Å². The Balaban J connectivity index is 1.44. The molecule has 35 heavy (non-hydrogen) atoms. The van der Waals surface area contributed by atoms with Gasteiger partial charge in [-0.1, -0.05) is 0 Å². The van der Waals surface area contributed by atoms with Gasteiger partial charge in [0.25, 0.3) is 0 Å². The third-order valence-corrected chi connectivity index (χ3v) is 9.37. The Morgan fingerprint density at radius 2 is 1.86 bits per heavy atom. The number of likely N-dealkylation sites (tertiary alicyclic amines) is 1. The molecule has 2 aliphatic carbocycles. The van der Waals surface area contributed by atoms with Crippen LogP contribution in [0.5, 0.6) is 0 Å². The van der Waals surface area contributed by atoms with Crippen molar-refractivity contribution in [2.75, 3.05) is 26.7 Å². The van der Waals surface area contributed by atoms with Gasteiger partial charge in [-0.05, 0) is 89.4 Å². The van der Waals surface area contributed by atoms with Crippen LogP contribution in [0.2, 0.25) is 0 Å². The predicted molar refractivity (Wildman–Crippen MR) is 137 cm³/mol. The Labute approximate surface area is 211 Å². The Bertz CT molecular complexity index is 695. The summed E-state index contributed by atoms with van der Waals surface area (Å²) in [5.74, 6) is 0.846. The highest BCUT2D eigenvalue weighted by Gasteiger charge is 2.43. The number of nitrogens with two attached hydrogens (primary N) is 2. The molecule has 2 saturated heterocycles. The molecule has 6 unspecified atom stereocenters. The quantitative estimate of drug-likeness (QED) is 0.304. The van der Waals surface area contributed by atoms with Crippen LogP contribution in [0, 0.1) is 23.7 Å². The minimum Gasteiger partial charge on any atom is -0.390 e. The lowest BCUT2D eigenvalue weighted by Crippen LogP contribution is -2.72. The van der Waals surface area contributed by atoms with Crippen molar-refractivity contribution >= 4 is 5.91 Å². The Morgan fingerprint density at radius 3 is 2.49 bits per heavy atom. The molecule has 2 saturated carbocycles. The maximum absolute atomic E-state index is 12.4. The van der Waals surface area contributed by atoms with Gasteiger partial charge in [0, 0.05) is 38.8 Å². The van der Waals surface area contributed by atoms with Crippen LogP contribution in [0.25, 0.3) is 0 Å². The van der Waals surface area contributed by atoms with E-state index in [1.165, 1.54) is 12.8 Å². The number of rotatable bonds is 7. The molecule has 4 aliphatic rings. The fourth-order valence-corrected chi connectivity index (χ4v) is 7.15. The Kier molecular flexibility index (Phi) is 9.11. The van der Waals surface area contributed by atoms with Crippen molar-refractivity contribution in [3.05, 3.63) is 0 Å². The zero-order valence-electron chi connectivity index (χ0n) is 22.0. The van der Waals surface area contributed by atoms with Gasteiger partial charge in [0.1, 0.15) is 6.29 Å². The van der Waals surface area contributed by atoms with Gasteiger partial charge in [-0.15, -0.1) is 0 Å². The molecule has 4 fully saturated rings. The molecule has 1 amide bonds. The molecule has 2 heterocycles. The average molecular weight is 495 g/mol. The zero-order chi connectivity index (χ0) is 25.2. The van der Waals surface area contributed by atoms with Crippen LogP contribution >= 0.6 is 0 Å². The number of hydrogen-bond donors (Lipinski definition) is 6. The fourth-order valence-electron chi connectivity index (χ4n) is 7.15. The predicted octanol–water partition coefficient (Wildman–Crippen LogP) is 0.664. The highest BCUT2D eigenvalue weighted by Crippen LogP contribution is 2.44. The molecule has 4 rings (SSSR count). The van der Waals surface area contributed by atoms with Gasteiger partial charge in [-0.2, -0.15) is 0 Å². The number of methoxy groups -OCH3 is 1. The van der Waals surface area contributed by atoms with Crippen molar-refractivity contribution in [1.29, 1.82) is 0 Å². The standard InChI is InChI=1S/C26H50N6O3/c1-26(2,34)18-11-17(16-6-8-21(35-3)9-7-16)12-20(13-18)30-24-22(23(28)33)14-29-25(31-24)32-10-4-5-19(27)15-32/h16-22,24-25,29-31,34H,4-15,27H2,1-3H3,(H2,28,33)/t16?,17?,18?,19-,20?,21?,22?,24?,25?/m0/s1. The summed E-state index contributed by atoms with van der Waals surface area (Å²) < 4.78 is 5.60. The van der Waals surface area contributed by atoms with Crippen LogP contribution in [-0.4, -0.2) is 78.9 Å². The van der Waals surface area contributed by atoms with E-state index in [0.29, 0.717) is 24.5 Å². The van der Waals surface area contributed by atoms with E-state index in [-0.39, 0.29) is 42.3 Å². The maximum atomic E-state index is 12.4. The smallest absolute Gasteiger partial charge is 0.224 e. The van der Waals surface area contributed by atoms with Crippen LogP contribution in [0.15, 0.2) is 0 Å². The van der Waals surface area contributed by atoms with Crippen molar-refractivity contribution < 1.29 is 14.6 Å². The Hall–Kier alpha value is -0.810. The summed E-state index contributed by atoms with van der Waals surface area (Å²) in [5, 5.41) is 21.9. The summed E-state index contributed by atoms with van der Waals surface area (Å²) >= 11 is 0. The number of nitrogens with one attached hydrogen (secondary N) is 3. The van der Waals surface area contributed by atoms with E-state index in [4.69, 9.17) is 16.2 Å². The van der Waals surface area contributed by atoms with Crippen molar-refractivity contribution in [3.63, 3.8) is 0 Å². The van der Waals surface area contributed by atoms with Crippen LogP contribution in [0.4, 0.5) is 0 Å². The SMILES string of the molecule is COC1CCC(C2CC(NC3NC(N4CCC[C@H](N)C4)NCC3C(N)=O)CC(C(C)(C)O)C2)CC1. The topological polar surface area (TPSA) is 138 Å². The lowest BCUT2D eigenvalue weighted by Gasteiger charge is -2.48. The highest BCUT2D eigenvalue weighted by atomic mass is 16.5. The molecule has 2 aliphatic heterocycles. The van der Waals surface area contributed by atoms with Gasteiger partial charge in [0.05, 0.1) is 23.8 Å². The normalized spacial score (nSPS) is 42.0. The first kappa shape index (κ1) is 27.2. The summed E-state index contributed by atoms with van der Waals surface area (Å²) in [6, 6.07) is 0.416. The Morgan fingerprint density at radius 1 is 1.11 bits per heavy atom. The van der Waals surface area contributed by atoms with E-state index in [9.17, 15) is 9.90 Å². The third-order valence-electron chi connectivity index (χ3n) is 9.37. The van der Waals surface area contributed by atoms with Gasteiger partial charge >= 0.3 is 0 Å². The first-order valence-corrected chi connectivity index (χ1v) is 13.9. The minimum atomic E-state index is -0.723. The molecule has 0 bridgehead atoms. The van der Waals surface area contributed by atoms with E-state index in [1.54, 1.807) is 0 Å². The number of carbonyl (C=O) groups is 1. The molecule has 0 spiro atoms. The first-order valence-electron chi connectivity index (χ1n) is 13.9. The molecular weight excluding hydrogens is 444 g/mol. The van der Waals surface area contributed by atoms with Crippen molar-refractivity contribution in [3.8, 4) is 0 Å². The first-order chi connectivity index (χ1) is 16.6. The van der Waals surface area contributed by atoms with E-state index in [0.717, 1.165) is 58.0 Å². The lowest BCUT2D eigenvalue weighted by atomic mass is 9.65. The number of aliphatic hydroxyl groups is 1. The van der Waals surface area contributed by atoms with E-state index in [1.807, 2.05) is 21.0 Å². The molecule has 9 nitrogen and oxygen atoms in total. The van der Waals surface area contributed by atoms with Crippen LogP contribution in [-0.2, 0) is 9.53 Å². The number of hydrogen-bond acceptors (Lipinski definition) is 8. The summed E-state index contributed by atoms with van der Waals surface area (Å²) in [7, 11) is 1.82. The third kappa shape index (κ3) is 6.94. The van der Waals surface area contributed by atoms with Gasteiger partial charge in [-0.3, -0.25) is 25.6 Å². The molecule has 7 atom stereocenters. The molecule has 0 aromatic carbocycles. The van der Waals surface area contributed by atoms with Crippen molar-refractivity contribution in [2.45, 2.75) is 108 Å². The van der Waals surface area contributed by atoms with Gasteiger partial charge < -0.3 is 21.3 Å². The molecular formula is C26H50N6O3. The van der Waals surface area contributed by atoms with Crippen molar-refractivity contribution in [1.82, 2.24) is 20.9 Å². The summed E-state index contributed by atoms with van der Waals surface area (Å²) in [6.45, 7) is 6.27. The van der Waals surface area contributed by atoms with E-state index >= 15 is 0 Å². The summed E-state index contributed by atoms with van der Waals surface area (Å²) in [4.78, 5) is 14.7. The highest BCUT2D eigenvalue weighted by molar-refractivity contribution is 5.77. The largest absolute Gasteiger partial charge is 0.390 e. The number of piperidine rings is 1. The van der Waals surface area contributed by atoms with Gasteiger partial charge in [0.2, 0.25) is 5.91 Å². The maximum Gasteiger partial charge on any atom is 0.224 e. The molecule has 9 heteroatoms. The van der Waals surface area contributed by atoms with Crippen LogP contribution < -0.4 is 27.4 Å². The van der Waals surface area contributed by atoms with Gasteiger partial charge in [0.15, 0.2) is 0 Å².